The molecular formula is C21H21F2N5O3. The number of ether oxygens (including phenoxy) is 1. The molecular weight excluding hydrogens is 408 g/mol. The summed E-state index contributed by atoms with van der Waals surface area (Å²) in [6.07, 6.45) is 3.09. The van der Waals surface area contributed by atoms with Crippen molar-refractivity contribution in [3.63, 3.8) is 0 Å². The van der Waals surface area contributed by atoms with Gasteiger partial charge in [0.2, 0.25) is 11.8 Å². The van der Waals surface area contributed by atoms with Gasteiger partial charge in [-0.15, -0.1) is 10.2 Å². The number of fused-ring (bicyclic) bond motifs is 1. The van der Waals surface area contributed by atoms with Crippen molar-refractivity contribution in [2.75, 3.05) is 6.54 Å². The van der Waals surface area contributed by atoms with Crippen molar-refractivity contribution < 1.29 is 23.1 Å². The molecule has 3 heterocycles. The highest BCUT2D eigenvalue weighted by Gasteiger charge is 2.35. The predicted molar refractivity (Wildman–Crippen MR) is 106 cm³/mol. The van der Waals surface area contributed by atoms with Gasteiger partial charge in [-0.1, -0.05) is 18.2 Å². The summed E-state index contributed by atoms with van der Waals surface area (Å²) in [4.78, 5) is 26.5. The highest BCUT2D eigenvalue weighted by atomic mass is 19.3. The third kappa shape index (κ3) is 4.79. The Morgan fingerprint density at radius 1 is 1.19 bits per heavy atom. The summed E-state index contributed by atoms with van der Waals surface area (Å²) < 4.78 is 30.8. The first-order valence-electron chi connectivity index (χ1n) is 9.91. The van der Waals surface area contributed by atoms with Crippen LogP contribution in [0.2, 0.25) is 0 Å². The van der Waals surface area contributed by atoms with Crippen LogP contribution in [0.15, 0.2) is 48.7 Å². The van der Waals surface area contributed by atoms with E-state index in [-0.39, 0.29) is 24.1 Å². The summed E-state index contributed by atoms with van der Waals surface area (Å²) >= 11 is 0. The molecule has 1 aliphatic rings. The van der Waals surface area contributed by atoms with Crippen molar-refractivity contribution in [3.8, 4) is 5.75 Å². The molecule has 0 radical (unpaired) electrons. The largest absolute Gasteiger partial charge is 0.435 e. The molecule has 1 N–H and O–H groups in total. The van der Waals surface area contributed by atoms with Crippen LogP contribution in [0.5, 0.6) is 5.75 Å². The van der Waals surface area contributed by atoms with E-state index in [4.69, 9.17) is 0 Å². The van der Waals surface area contributed by atoms with Crippen molar-refractivity contribution in [2.45, 2.75) is 38.5 Å². The molecule has 31 heavy (non-hydrogen) atoms. The second-order valence-electron chi connectivity index (χ2n) is 7.18. The maximum atomic E-state index is 12.7. The third-order valence-electron chi connectivity index (χ3n) is 5.16. The second-order valence-corrected chi connectivity index (χ2v) is 7.18. The number of carbonyl (C=O) groups is 2. The smallest absolute Gasteiger partial charge is 0.387 e. The average Bonchev–Trinajstić information content (AvgIpc) is 3.33. The molecule has 0 saturated carbocycles. The first-order valence-corrected chi connectivity index (χ1v) is 9.91. The van der Waals surface area contributed by atoms with E-state index in [9.17, 15) is 18.4 Å². The van der Waals surface area contributed by atoms with E-state index in [0.717, 1.165) is 17.0 Å². The van der Waals surface area contributed by atoms with Gasteiger partial charge in [-0.3, -0.25) is 14.0 Å². The maximum Gasteiger partial charge on any atom is 0.387 e. The first-order chi connectivity index (χ1) is 15.0. The van der Waals surface area contributed by atoms with Gasteiger partial charge < -0.3 is 15.0 Å². The summed E-state index contributed by atoms with van der Waals surface area (Å²) in [5, 5.41) is 11.1. The number of hydrogen-bond acceptors (Lipinski definition) is 5. The lowest BCUT2D eigenvalue weighted by Crippen LogP contribution is -2.44. The molecule has 4 rings (SSSR count). The zero-order valence-electron chi connectivity index (χ0n) is 16.6. The van der Waals surface area contributed by atoms with Crippen LogP contribution >= 0.6 is 0 Å². The Morgan fingerprint density at radius 3 is 2.77 bits per heavy atom. The van der Waals surface area contributed by atoms with Gasteiger partial charge in [-0.25, -0.2) is 0 Å². The Kier molecular flexibility index (Phi) is 6.06. The monoisotopic (exact) mass is 429 g/mol. The number of nitrogens with one attached hydrogen (secondary N) is 1. The minimum atomic E-state index is -2.89. The Balaban J connectivity index is 1.34. The van der Waals surface area contributed by atoms with Gasteiger partial charge in [0.1, 0.15) is 17.6 Å². The van der Waals surface area contributed by atoms with Crippen molar-refractivity contribution in [2.24, 2.45) is 0 Å². The van der Waals surface area contributed by atoms with Crippen LogP contribution in [-0.4, -0.2) is 50.5 Å². The summed E-state index contributed by atoms with van der Waals surface area (Å²) in [6.45, 7) is -2.30. The topological polar surface area (TPSA) is 88.8 Å². The Labute approximate surface area is 176 Å². The molecule has 3 aromatic rings. The molecule has 8 nitrogen and oxygen atoms in total. The van der Waals surface area contributed by atoms with E-state index < -0.39 is 12.7 Å². The molecule has 1 aliphatic heterocycles. The van der Waals surface area contributed by atoms with Gasteiger partial charge >= 0.3 is 6.61 Å². The molecule has 2 aromatic heterocycles. The molecule has 0 spiro atoms. The third-order valence-corrected chi connectivity index (χ3v) is 5.16. The summed E-state index contributed by atoms with van der Waals surface area (Å²) in [5.41, 5.74) is 1.46. The number of benzene rings is 1. The number of alkyl halides is 2. The molecule has 1 fully saturated rings. The molecule has 2 amide bonds. The number of carbonyl (C=O) groups excluding carboxylic acids is 2. The van der Waals surface area contributed by atoms with Crippen LogP contribution in [0.3, 0.4) is 0 Å². The fourth-order valence-corrected chi connectivity index (χ4v) is 3.65. The van der Waals surface area contributed by atoms with E-state index in [1.165, 1.54) is 17.0 Å². The lowest BCUT2D eigenvalue weighted by atomic mass is 10.1. The number of aromatic nitrogens is 3. The lowest BCUT2D eigenvalue weighted by Gasteiger charge is -2.24. The van der Waals surface area contributed by atoms with Crippen LogP contribution < -0.4 is 10.1 Å². The number of halogens is 2. The summed E-state index contributed by atoms with van der Waals surface area (Å²) in [5.74, 6) is 0.442. The minimum absolute atomic E-state index is 0.0433. The summed E-state index contributed by atoms with van der Waals surface area (Å²) in [7, 11) is 0. The number of rotatable bonds is 8. The van der Waals surface area contributed by atoms with Crippen LogP contribution in [0.4, 0.5) is 8.78 Å². The second kappa shape index (κ2) is 9.07. The van der Waals surface area contributed by atoms with E-state index in [0.29, 0.717) is 25.8 Å². The highest BCUT2D eigenvalue weighted by molar-refractivity contribution is 5.90. The number of amides is 2. The quantitative estimate of drug-likeness (QED) is 0.593. The zero-order valence-corrected chi connectivity index (χ0v) is 16.6. The minimum Gasteiger partial charge on any atom is -0.435 e. The fraction of sp³-hybridized carbons (Fsp3) is 0.333. The van der Waals surface area contributed by atoms with Gasteiger partial charge in [0.05, 0.1) is 0 Å². The normalized spacial score (nSPS) is 16.3. The van der Waals surface area contributed by atoms with Gasteiger partial charge in [0.25, 0.3) is 0 Å². The average molecular weight is 429 g/mol. The molecule has 1 unspecified atom stereocenters. The Bertz CT molecular complexity index is 1070. The van der Waals surface area contributed by atoms with Gasteiger partial charge in [-0.2, -0.15) is 8.78 Å². The number of nitrogens with zero attached hydrogens (tertiary/aromatic N) is 4. The van der Waals surface area contributed by atoms with Crippen molar-refractivity contribution in [1.29, 1.82) is 0 Å². The van der Waals surface area contributed by atoms with Crippen molar-refractivity contribution >= 4 is 17.5 Å². The van der Waals surface area contributed by atoms with E-state index in [1.54, 1.807) is 12.1 Å². The van der Waals surface area contributed by atoms with E-state index >= 15 is 0 Å². The molecule has 1 saturated heterocycles. The first kappa shape index (κ1) is 20.7. The van der Waals surface area contributed by atoms with Crippen LogP contribution in [-0.2, 0) is 22.6 Å². The SMILES string of the molecule is O=C(NCCc1nnc2ccccn12)C1CCC(=O)N1Cc1ccc(OC(F)F)cc1. The standard InChI is InChI=1S/C21H21F2N5O3/c22-21(23)31-15-6-4-14(5-7-15)13-28-16(8-9-19(28)29)20(30)24-11-10-18-26-25-17-3-1-2-12-27(17)18/h1-7,12,16,21H,8-11,13H2,(H,24,30). The molecule has 162 valence electrons. The number of pyridine rings is 1. The Hall–Kier alpha value is -3.56. The highest BCUT2D eigenvalue weighted by Crippen LogP contribution is 2.23. The van der Waals surface area contributed by atoms with Crippen LogP contribution in [0, 0.1) is 0 Å². The van der Waals surface area contributed by atoms with Gasteiger partial charge in [0, 0.05) is 32.1 Å². The maximum absolute atomic E-state index is 12.7. The molecule has 1 atom stereocenters. The van der Waals surface area contributed by atoms with Crippen LogP contribution in [0.25, 0.3) is 5.65 Å². The summed E-state index contributed by atoms with van der Waals surface area (Å²) in [6, 6.07) is 11.1. The predicted octanol–water partition coefficient (Wildman–Crippen LogP) is 2.18. The van der Waals surface area contributed by atoms with Gasteiger partial charge in [-0.05, 0) is 36.2 Å². The van der Waals surface area contributed by atoms with E-state index in [2.05, 4.69) is 20.3 Å². The van der Waals surface area contributed by atoms with Crippen molar-refractivity contribution in [3.05, 3.63) is 60.0 Å². The fourth-order valence-electron chi connectivity index (χ4n) is 3.65. The molecule has 1 aromatic carbocycles. The zero-order chi connectivity index (χ0) is 21.8. The van der Waals surface area contributed by atoms with Crippen molar-refractivity contribution in [1.82, 2.24) is 24.8 Å². The number of likely N-dealkylation sites (tertiary alicyclic amines) is 1. The molecule has 0 bridgehead atoms. The molecule has 0 aliphatic carbocycles. The van der Waals surface area contributed by atoms with E-state index in [1.807, 2.05) is 28.8 Å². The number of hydrogen-bond donors (Lipinski definition) is 1. The van der Waals surface area contributed by atoms with Gasteiger partial charge in [0.15, 0.2) is 5.65 Å². The lowest BCUT2D eigenvalue weighted by molar-refractivity contribution is -0.135. The van der Waals surface area contributed by atoms with Crippen LogP contribution in [0.1, 0.15) is 24.2 Å². The molecule has 10 heteroatoms. The Morgan fingerprint density at radius 2 is 2.00 bits per heavy atom.